The highest BCUT2D eigenvalue weighted by Gasteiger charge is 1.90. The Bertz CT molecular complexity index is 168. The van der Waals surface area contributed by atoms with Crippen LogP contribution in [0.4, 0.5) is 0 Å². The fraction of sp³-hybridized carbons (Fsp3) is 0.286. The van der Waals surface area contributed by atoms with Crippen LogP contribution in [0.2, 0.25) is 0 Å². The van der Waals surface area contributed by atoms with E-state index in [1.54, 1.807) is 6.08 Å². The Morgan fingerprint density at radius 1 is 1.78 bits per heavy atom. The molecule has 0 saturated heterocycles. The van der Waals surface area contributed by atoms with Crippen LogP contribution in [-0.4, -0.2) is 24.0 Å². The third-order valence-electron chi connectivity index (χ3n) is 1.06. The van der Waals surface area contributed by atoms with Gasteiger partial charge in [0.2, 0.25) is 0 Å². The van der Waals surface area contributed by atoms with Crippen LogP contribution in [0.5, 0.6) is 0 Å². The van der Waals surface area contributed by atoms with Crippen LogP contribution in [0, 0.1) is 0 Å². The molecule has 0 spiro atoms. The van der Waals surface area contributed by atoms with E-state index < -0.39 is 0 Å². The summed E-state index contributed by atoms with van der Waals surface area (Å²) in [5.41, 5.74) is 0.948. The first-order valence-electron chi connectivity index (χ1n) is 2.92. The summed E-state index contributed by atoms with van der Waals surface area (Å²) in [5, 5.41) is 8.36. The largest absolute Gasteiger partial charge is 0.392 e. The zero-order valence-electron chi connectivity index (χ0n) is 5.12. The Labute approximate surface area is 54.2 Å². The second-order valence-electron chi connectivity index (χ2n) is 1.75. The first-order valence-corrected chi connectivity index (χ1v) is 2.92. The summed E-state index contributed by atoms with van der Waals surface area (Å²) in [7, 11) is 0. The van der Waals surface area contributed by atoms with Crippen LogP contribution in [0.15, 0.2) is 29.3 Å². The smallest absolute Gasteiger partial charge is 0.0616 e. The highest BCUT2D eigenvalue weighted by molar-refractivity contribution is 6.05. The molecule has 0 unspecified atom stereocenters. The van der Waals surface area contributed by atoms with E-state index >= 15 is 0 Å². The standard InChI is InChI=1S/C7H9NO/c9-6-2-4-7-3-1-5-8-7/h1-4,9H,5-6H2/b4-2+. The summed E-state index contributed by atoms with van der Waals surface area (Å²) < 4.78 is 0. The molecule has 1 heterocycles. The lowest BCUT2D eigenvalue weighted by Gasteiger charge is -1.82. The van der Waals surface area contributed by atoms with Gasteiger partial charge in [0.1, 0.15) is 0 Å². The van der Waals surface area contributed by atoms with E-state index in [1.165, 1.54) is 0 Å². The van der Waals surface area contributed by atoms with Crippen LogP contribution < -0.4 is 0 Å². The lowest BCUT2D eigenvalue weighted by Crippen LogP contribution is -1.83. The third-order valence-corrected chi connectivity index (χ3v) is 1.06. The number of hydrogen-bond donors (Lipinski definition) is 1. The summed E-state index contributed by atoms with van der Waals surface area (Å²) >= 11 is 0. The molecule has 0 aromatic heterocycles. The Balaban J connectivity index is 2.44. The zero-order chi connectivity index (χ0) is 6.53. The van der Waals surface area contributed by atoms with Crippen LogP contribution >= 0.6 is 0 Å². The highest BCUT2D eigenvalue weighted by atomic mass is 16.2. The normalized spacial score (nSPS) is 17.2. The van der Waals surface area contributed by atoms with Gasteiger partial charge in [-0.1, -0.05) is 12.2 Å². The molecule has 48 valence electrons. The quantitative estimate of drug-likeness (QED) is 0.571. The van der Waals surface area contributed by atoms with Gasteiger partial charge in [-0.3, -0.25) is 4.99 Å². The number of hydrogen-bond acceptors (Lipinski definition) is 2. The first-order chi connectivity index (χ1) is 4.43. The summed E-state index contributed by atoms with van der Waals surface area (Å²) in [6, 6.07) is 0. The molecule has 0 radical (unpaired) electrons. The maximum atomic E-state index is 8.36. The first kappa shape index (κ1) is 6.23. The molecule has 0 atom stereocenters. The average molecular weight is 123 g/mol. The minimum Gasteiger partial charge on any atom is -0.392 e. The van der Waals surface area contributed by atoms with Crippen molar-refractivity contribution in [2.24, 2.45) is 4.99 Å². The van der Waals surface area contributed by atoms with Gasteiger partial charge in [-0.15, -0.1) is 0 Å². The number of rotatable bonds is 2. The monoisotopic (exact) mass is 123 g/mol. The van der Waals surface area contributed by atoms with Crippen LogP contribution in [-0.2, 0) is 0 Å². The van der Waals surface area contributed by atoms with Crippen molar-refractivity contribution >= 4 is 5.71 Å². The number of nitrogens with zero attached hydrogens (tertiary/aromatic N) is 1. The van der Waals surface area contributed by atoms with E-state index in [0.29, 0.717) is 0 Å². The third kappa shape index (κ3) is 1.82. The molecular formula is C7H9NO. The highest BCUT2D eigenvalue weighted by Crippen LogP contribution is 1.93. The molecule has 0 saturated carbocycles. The molecule has 2 nitrogen and oxygen atoms in total. The van der Waals surface area contributed by atoms with E-state index in [1.807, 2.05) is 18.2 Å². The van der Waals surface area contributed by atoms with Gasteiger partial charge in [-0.05, 0) is 12.2 Å². The molecule has 0 fully saturated rings. The second kappa shape index (κ2) is 3.20. The van der Waals surface area contributed by atoms with Crippen molar-refractivity contribution in [2.75, 3.05) is 13.2 Å². The van der Waals surface area contributed by atoms with Crippen LogP contribution in [0.1, 0.15) is 0 Å². The Kier molecular flexibility index (Phi) is 2.22. The summed E-state index contributed by atoms with van der Waals surface area (Å²) in [5.74, 6) is 0. The van der Waals surface area contributed by atoms with Crippen molar-refractivity contribution in [2.45, 2.75) is 0 Å². The Hall–Kier alpha value is -0.890. The molecule has 1 aliphatic rings. The van der Waals surface area contributed by atoms with Gasteiger partial charge in [0.15, 0.2) is 0 Å². The number of aliphatic hydroxyl groups excluding tert-OH is 1. The molecule has 0 aromatic carbocycles. The lowest BCUT2D eigenvalue weighted by molar-refractivity contribution is 0.343. The molecule has 9 heavy (non-hydrogen) atoms. The molecule has 0 amide bonds. The predicted molar refractivity (Wildman–Crippen MR) is 37.7 cm³/mol. The van der Waals surface area contributed by atoms with Crippen molar-refractivity contribution in [3.63, 3.8) is 0 Å². The van der Waals surface area contributed by atoms with E-state index in [-0.39, 0.29) is 6.61 Å². The summed E-state index contributed by atoms with van der Waals surface area (Å²) in [6.07, 6.45) is 7.40. The van der Waals surface area contributed by atoms with Crippen molar-refractivity contribution in [1.29, 1.82) is 0 Å². The maximum Gasteiger partial charge on any atom is 0.0616 e. The molecule has 1 rings (SSSR count). The van der Waals surface area contributed by atoms with E-state index in [9.17, 15) is 0 Å². The minimum atomic E-state index is 0.0901. The molecule has 0 bridgehead atoms. The van der Waals surface area contributed by atoms with Crippen molar-refractivity contribution in [3.8, 4) is 0 Å². The predicted octanol–water partition coefficient (Wildman–Crippen LogP) is 0.546. The lowest BCUT2D eigenvalue weighted by atomic mass is 10.3. The second-order valence-corrected chi connectivity index (χ2v) is 1.75. The van der Waals surface area contributed by atoms with Gasteiger partial charge in [0.05, 0.1) is 18.9 Å². The maximum absolute atomic E-state index is 8.36. The molecule has 1 N–H and O–H groups in total. The fourth-order valence-electron chi connectivity index (χ4n) is 0.666. The zero-order valence-corrected chi connectivity index (χ0v) is 5.12. The van der Waals surface area contributed by atoms with Crippen LogP contribution in [0.3, 0.4) is 0 Å². The van der Waals surface area contributed by atoms with Crippen molar-refractivity contribution < 1.29 is 5.11 Å². The summed E-state index contributed by atoms with van der Waals surface area (Å²) in [6.45, 7) is 0.873. The van der Waals surface area contributed by atoms with E-state index in [0.717, 1.165) is 12.3 Å². The van der Waals surface area contributed by atoms with E-state index in [2.05, 4.69) is 4.99 Å². The topological polar surface area (TPSA) is 32.6 Å². The summed E-state index contributed by atoms with van der Waals surface area (Å²) in [4.78, 5) is 4.08. The Morgan fingerprint density at radius 3 is 3.22 bits per heavy atom. The van der Waals surface area contributed by atoms with Gasteiger partial charge in [-0.2, -0.15) is 0 Å². The Morgan fingerprint density at radius 2 is 2.67 bits per heavy atom. The minimum absolute atomic E-state index is 0.0901. The van der Waals surface area contributed by atoms with Gasteiger partial charge in [-0.25, -0.2) is 0 Å². The fourth-order valence-corrected chi connectivity index (χ4v) is 0.666. The molecule has 0 aliphatic carbocycles. The number of aliphatic hydroxyl groups is 1. The molecule has 1 aliphatic heterocycles. The SMILES string of the molecule is OC/C=C/C1=NCC=C1. The van der Waals surface area contributed by atoms with Gasteiger partial charge in [0.25, 0.3) is 0 Å². The van der Waals surface area contributed by atoms with Gasteiger partial charge < -0.3 is 5.11 Å². The molecular weight excluding hydrogens is 114 g/mol. The molecule has 0 aromatic rings. The average Bonchev–Trinajstić information content (AvgIpc) is 2.34. The van der Waals surface area contributed by atoms with E-state index in [4.69, 9.17) is 5.11 Å². The van der Waals surface area contributed by atoms with Crippen molar-refractivity contribution in [3.05, 3.63) is 24.3 Å². The molecule has 2 heteroatoms. The van der Waals surface area contributed by atoms with Gasteiger partial charge >= 0.3 is 0 Å². The van der Waals surface area contributed by atoms with Crippen molar-refractivity contribution in [1.82, 2.24) is 0 Å². The van der Waals surface area contributed by atoms with Gasteiger partial charge in [0, 0.05) is 0 Å². The van der Waals surface area contributed by atoms with Crippen LogP contribution in [0.25, 0.3) is 0 Å². The number of allylic oxidation sites excluding steroid dienone is 2. The number of aliphatic imine (C=N–C) groups is 1.